The van der Waals surface area contributed by atoms with Crippen LogP contribution in [0, 0.1) is 17.2 Å². The first-order valence-electron chi connectivity index (χ1n) is 10.2. The summed E-state index contributed by atoms with van der Waals surface area (Å²) < 4.78 is 6.69. The summed E-state index contributed by atoms with van der Waals surface area (Å²) in [6.07, 6.45) is 4.90. The number of hydrogen-bond donors (Lipinski definition) is 2. The lowest BCUT2D eigenvalue weighted by Gasteiger charge is -2.28. The van der Waals surface area contributed by atoms with Gasteiger partial charge in [-0.05, 0) is 55.5 Å². The lowest BCUT2D eigenvalue weighted by atomic mass is 9.93. The molecular formula is C23H23N5O3. The minimum Gasteiger partial charge on any atom is -0.493 e. The number of nitriles is 1. The van der Waals surface area contributed by atoms with E-state index in [4.69, 9.17) is 10.00 Å². The van der Waals surface area contributed by atoms with E-state index in [1.54, 1.807) is 36.4 Å². The number of carbonyl (C=O) groups excluding carboxylic acids is 1. The summed E-state index contributed by atoms with van der Waals surface area (Å²) in [5.41, 5.74) is 2.25. The Labute approximate surface area is 180 Å². The van der Waals surface area contributed by atoms with Gasteiger partial charge >= 0.3 is 0 Å². The monoisotopic (exact) mass is 417 g/mol. The van der Waals surface area contributed by atoms with Gasteiger partial charge in [0.15, 0.2) is 5.82 Å². The Balaban J connectivity index is 1.47. The molecule has 1 aliphatic heterocycles. The number of nitrogens with one attached hydrogen (secondary N) is 1. The molecule has 0 bridgehead atoms. The molecule has 4 rings (SSSR count). The topological polar surface area (TPSA) is 113 Å². The average molecular weight is 417 g/mol. The van der Waals surface area contributed by atoms with Gasteiger partial charge in [-0.15, -0.1) is 0 Å². The van der Waals surface area contributed by atoms with E-state index in [0.717, 1.165) is 31.6 Å². The molecular weight excluding hydrogens is 394 g/mol. The van der Waals surface area contributed by atoms with Gasteiger partial charge in [0.2, 0.25) is 5.88 Å². The average Bonchev–Trinajstić information content (AvgIpc) is 3.21. The SMILES string of the molecule is C[C@H](NC(=O)c1ccc(-n2ncc(-c3ccc(C#N)cc3)c2O)nc1)C1CCOCC1. The van der Waals surface area contributed by atoms with Crippen LogP contribution in [0.4, 0.5) is 0 Å². The number of amides is 1. The zero-order chi connectivity index (χ0) is 21.8. The second-order valence-electron chi connectivity index (χ2n) is 7.60. The van der Waals surface area contributed by atoms with Crippen molar-refractivity contribution in [1.29, 1.82) is 5.26 Å². The van der Waals surface area contributed by atoms with Crippen molar-refractivity contribution in [3.05, 3.63) is 59.9 Å². The highest BCUT2D eigenvalue weighted by molar-refractivity contribution is 5.94. The van der Waals surface area contributed by atoms with Crippen molar-refractivity contribution < 1.29 is 14.6 Å². The van der Waals surface area contributed by atoms with Gasteiger partial charge in [-0.25, -0.2) is 4.98 Å². The summed E-state index contributed by atoms with van der Waals surface area (Å²) in [5, 5.41) is 26.8. The summed E-state index contributed by atoms with van der Waals surface area (Å²) in [4.78, 5) is 16.9. The Bertz CT molecular complexity index is 1090. The van der Waals surface area contributed by atoms with Gasteiger partial charge in [-0.1, -0.05) is 12.1 Å². The maximum atomic E-state index is 12.6. The summed E-state index contributed by atoms with van der Waals surface area (Å²) in [6.45, 7) is 3.49. The zero-order valence-electron chi connectivity index (χ0n) is 17.2. The van der Waals surface area contributed by atoms with Crippen LogP contribution in [-0.4, -0.2) is 45.0 Å². The fourth-order valence-electron chi connectivity index (χ4n) is 3.71. The predicted molar refractivity (Wildman–Crippen MR) is 114 cm³/mol. The van der Waals surface area contributed by atoms with E-state index in [9.17, 15) is 9.90 Å². The molecule has 0 spiro atoms. The number of hydrogen-bond acceptors (Lipinski definition) is 6. The van der Waals surface area contributed by atoms with E-state index < -0.39 is 0 Å². The molecule has 3 aromatic rings. The van der Waals surface area contributed by atoms with Crippen molar-refractivity contribution in [2.24, 2.45) is 5.92 Å². The largest absolute Gasteiger partial charge is 0.493 e. The summed E-state index contributed by atoms with van der Waals surface area (Å²) >= 11 is 0. The smallest absolute Gasteiger partial charge is 0.253 e. The van der Waals surface area contributed by atoms with Crippen molar-refractivity contribution in [2.75, 3.05) is 13.2 Å². The minimum absolute atomic E-state index is 0.0567. The van der Waals surface area contributed by atoms with E-state index in [2.05, 4.69) is 21.5 Å². The molecule has 1 saturated heterocycles. The lowest BCUT2D eigenvalue weighted by molar-refractivity contribution is 0.0538. The Kier molecular flexibility index (Phi) is 5.96. The van der Waals surface area contributed by atoms with Gasteiger partial charge in [0.1, 0.15) is 0 Å². The molecule has 2 N–H and O–H groups in total. The second-order valence-corrected chi connectivity index (χ2v) is 7.60. The molecule has 31 heavy (non-hydrogen) atoms. The van der Waals surface area contributed by atoms with Crippen LogP contribution in [0.1, 0.15) is 35.7 Å². The standard InChI is InChI=1S/C23H23N5O3/c1-15(17-8-10-31-11-9-17)27-22(29)19-6-7-21(25-13-19)28-23(30)20(14-26-28)18-4-2-16(12-24)3-5-18/h2-7,13-15,17,30H,8-11H2,1H3,(H,27,29)/t15-/m0/s1. The number of ether oxygens (including phenoxy) is 1. The molecule has 8 nitrogen and oxygen atoms in total. The third kappa shape index (κ3) is 4.42. The molecule has 2 aromatic heterocycles. The molecule has 0 aliphatic carbocycles. The third-order valence-corrected chi connectivity index (χ3v) is 5.63. The molecule has 8 heteroatoms. The second kappa shape index (κ2) is 8.98. The van der Waals surface area contributed by atoms with Gasteiger partial charge in [0.25, 0.3) is 5.91 Å². The molecule has 1 amide bonds. The maximum absolute atomic E-state index is 12.6. The highest BCUT2D eigenvalue weighted by Gasteiger charge is 2.22. The van der Waals surface area contributed by atoms with E-state index in [1.165, 1.54) is 17.1 Å². The third-order valence-electron chi connectivity index (χ3n) is 5.63. The fourth-order valence-corrected chi connectivity index (χ4v) is 3.71. The molecule has 3 heterocycles. The highest BCUT2D eigenvalue weighted by atomic mass is 16.5. The van der Waals surface area contributed by atoms with Crippen molar-refractivity contribution in [2.45, 2.75) is 25.8 Å². The first-order valence-corrected chi connectivity index (χ1v) is 10.2. The zero-order valence-corrected chi connectivity index (χ0v) is 17.2. The quantitative estimate of drug-likeness (QED) is 0.660. The van der Waals surface area contributed by atoms with Crippen LogP contribution >= 0.6 is 0 Å². The molecule has 158 valence electrons. The summed E-state index contributed by atoms with van der Waals surface area (Å²) in [5.74, 6) is 0.557. The van der Waals surface area contributed by atoms with Gasteiger partial charge < -0.3 is 15.2 Å². The van der Waals surface area contributed by atoms with Crippen LogP contribution < -0.4 is 5.32 Å². The molecule has 1 aliphatic rings. The van der Waals surface area contributed by atoms with Crippen molar-refractivity contribution >= 4 is 5.91 Å². The van der Waals surface area contributed by atoms with E-state index in [1.807, 2.05) is 6.92 Å². The van der Waals surface area contributed by atoms with Crippen LogP contribution in [0.2, 0.25) is 0 Å². The Morgan fingerprint density at radius 1 is 1.23 bits per heavy atom. The van der Waals surface area contributed by atoms with Crippen LogP contribution in [0.5, 0.6) is 5.88 Å². The van der Waals surface area contributed by atoms with Crippen molar-refractivity contribution in [3.63, 3.8) is 0 Å². The predicted octanol–water partition coefficient (Wildman–Crippen LogP) is 3.06. The van der Waals surface area contributed by atoms with Crippen LogP contribution in [-0.2, 0) is 4.74 Å². The molecule has 1 aromatic carbocycles. The number of pyridine rings is 1. The number of benzene rings is 1. The van der Waals surface area contributed by atoms with Crippen LogP contribution in [0.25, 0.3) is 16.9 Å². The van der Waals surface area contributed by atoms with Gasteiger partial charge in [0.05, 0.1) is 29.0 Å². The first-order chi connectivity index (χ1) is 15.1. The summed E-state index contributed by atoms with van der Waals surface area (Å²) in [6, 6.07) is 12.3. The molecule has 0 saturated carbocycles. The number of rotatable bonds is 5. The Morgan fingerprint density at radius 2 is 1.97 bits per heavy atom. The molecule has 1 fully saturated rings. The first kappa shape index (κ1) is 20.6. The van der Waals surface area contributed by atoms with Gasteiger partial charge in [-0.2, -0.15) is 15.0 Å². The fraction of sp³-hybridized carbons (Fsp3) is 0.304. The molecule has 0 radical (unpaired) electrons. The number of aromatic hydroxyl groups is 1. The molecule has 1 atom stereocenters. The van der Waals surface area contributed by atoms with Gasteiger partial charge in [-0.3, -0.25) is 4.79 Å². The van der Waals surface area contributed by atoms with E-state index in [0.29, 0.717) is 28.4 Å². The van der Waals surface area contributed by atoms with Crippen molar-refractivity contribution in [1.82, 2.24) is 20.1 Å². The number of nitrogens with zero attached hydrogens (tertiary/aromatic N) is 4. The van der Waals surface area contributed by atoms with Gasteiger partial charge in [0, 0.05) is 25.5 Å². The van der Waals surface area contributed by atoms with Crippen LogP contribution in [0.3, 0.4) is 0 Å². The Hall–Kier alpha value is -3.70. The number of aromatic nitrogens is 3. The van der Waals surface area contributed by atoms with Crippen molar-refractivity contribution in [3.8, 4) is 28.9 Å². The number of carbonyl (C=O) groups is 1. The van der Waals surface area contributed by atoms with E-state index in [-0.39, 0.29) is 17.8 Å². The summed E-state index contributed by atoms with van der Waals surface area (Å²) in [7, 11) is 0. The normalized spacial score (nSPS) is 15.2. The maximum Gasteiger partial charge on any atom is 0.253 e. The highest BCUT2D eigenvalue weighted by Crippen LogP contribution is 2.30. The van der Waals surface area contributed by atoms with Crippen LogP contribution in [0.15, 0.2) is 48.8 Å². The lowest BCUT2D eigenvalue weighted by Crippen LogP contribution is -2.40. The molecule has 0 unspecified atom stereocenters. The van der Waals surface area contributed by atoms with E-state index >= 15 is 0 Å². The minimum atomic E-state index is -0.180. The Morgan fingerprint density at radius 3 is 2.61 bits per heavy atom.